The largest absolute Gasteiger partial charge is 0.334 e. The van der Waals surface area contributed by atoms with Gasteiger partial charge in [0, 0.05) is 30.6 Å². The number of rotatable bonds is 7. The van der Waals surface area contributed by atoms with Crippen LogP contribution in [0.1, 0.15) is 32.2 Å². The molecule has 7 nitrogen and oxygen atoms in total. The maximum absolute atomic E-state index is 12.4. The standard InChI is InChI=1S/C15H28N4O3S/c1-7-18(14(5)10-23(6,21)22)15(20)16-12(3)9-19-13(4)8-11(2)17-19/h8,12,14H,7,9-10H2,1-6H3,(H,16,20). The second-order valence-electron chi connectivity index (χ2n) is 6.19. The molecule has 1 heterocycles. The monoisotopic (exact) mass is 344 g/mol. The van der Waals surface area contributed by atoms with Crippen molar-refractivity contribution in [1.82, 2.24) is 20.0 Å². The summed E-state index contributed by atoms with van der Waals surface area (Å²) in [7, 11) is -3.13. The van der Waals surface area contributed by atoms with Gasteiger partial charge in [-0.25, -0.2) is 13.2 Å². The summed E-state index contributed by atoms with van der Waals surface area (Å²) in [6.07, 6.45) is 1.18. The summed E-state index contributed by atoms with van der Waals surface area (Å²) in [6.45, 7) is 10.4. The maximum Gasteiger partial charge on any atom is 0.317 e. The first kappa shape index (κ1) is 19.5. The van der Waals surface area contributed by atoms with E-state index in [1.54, 1.807) is 11.8 Å². The minimum atomic E-state index is -3.13. The fraction of sp³-hybridized carbons (Fsp3) is 0.733. The van der Waals surface area contributed by atoms with E-state index >= 15 is 0 Å². The summed E-state index contributed by atoms with van der Waals surface area (Å²) >= 11 is 0. The Balaban J connectivity index is 2.66. The van der Waals surface area contributed by atoms with Crippen molar-refractivity contribution in [3.8, 4) is 0 Å². The third-order valence-electron chi connectivity index (χ3n) is 3.60. The van der Waals surface area contributed by atoms with E-state index in [0.717, 1.165) is 11.4 Å². The van der Waals surface area contributed by atoms with Gasteiger partial charge in [-0.3, -0.25) is 4.68 Å². The summed E-state index contributed by atoms with van der Waals surface area (Å²) in [6, 6.07) is 1.26. The lowest BCUT2D eigenvalue weighted by atomic mass is 10.3. The summed E-state index contributed by atoms with van der Waals surface area (Å²) < 4.78 is 24.7. The third kappa shape index (κ3) is 6.21. The smallest absolute Gasteiger partial charge is 0.317 e. The van der Waals surface area contributed by atoms with Gasteiger partial charge in [-0.15, -0.1) is 0 Å². The molecule has 1 aromatic rings. The van der Waals surface area contributed by atoms with Crippen molar-refractivity contribution in [2.45, 2.75) is 53.2 Å². The van der Waals surface area contributed by atoms with Gasteiger partial charge in [-0.05, 0) is 40.7 Å². The van der Waals surface area contributed by atoms with Crippen molar-refractivity contribution in [3.63, 3.8) is 0 Å². The van der Waals surface area contributed by atoms with Crippen LogP contribution < -0.4 is 5.32 Å². The van der Waals surface area contributed by atoms with Gasteiger partial charge in [0.1, 0.15) is 9.84 Å². The highest BCUT2D eigenvalue weighted by molar-refractivity contribution is 7.90. The van der Waals surface area contributed by atoms with E-state index in [1.807, 2.05) is 38.4 Å². The molecule has 0 saturated carbocycles. The fourth-order valence-electron chi connectivity index (χ4n) is 2.64. The van der Waals surface area contributed by atoms with Crippen LogP contribution in [0, 0.1) is 13.8 Å². The molecule has 0 aliphatic rings. The molecule has 2 amide bonds. The van der Waals surface area contributed by atoms with E-state index < -0.39 is 9.84 Å². The summed E-state index contributed by atoms with van der Waals surface area (Å²) in [5, 5.41) is 7.29. The number of hydrogen-bond donors (Lipinski definition) is 1. The molecular weight excluding hydrogens is 316 g/mol. The summed E-state index contributed by atoms with van der Waals surface area (Å²) in [5.41, 5.74) is 1.99. The molecule has 23 heavy (non-hydrogen) atoms. The van der Waals surface area contributed by atoms with Crippen molar-refractivity contribution in [2.24, 2.45) is 0 Å². The molecule has 0 fully saturated rings. The minimum Gasteiger partial charge on any atom is -0.334 e. The van der Waals surface area contributed by atoms with Crippen LogP contribution in [-0.2, 0) is 16.4 Å². The second kappa shape index (κ2) is 7.81. The average Bonchev–Trinajstić information content (AvgIpc) is 2.65. The number of aryl methyl sites for hydroxylation is 2. The molecule has 1 rings (SSSR count). The Morgan fingerprint density at radius 3 is 2.43 bits per heavy atom. The molecule has 8 heteroatoms. The predicted molar refractivity (Wildman–Crippen MR) is 91.2 cm³/mol. The van der Waals surface area contributed by atoms with Crippen LogP contribution in [0.4, 0.5) is 4.79 Å². The Bertz CT molecular complexity index is 639. The zero-order valence-electron chi connectivity index (χ0n) is 14.8. The number of carbonyl (C=O) groups is 1. The van der Waals surface area contributed by atoms with Crippen LogP contribution in [0.15, 0.2) is 6.07 Å². The molecule has 0 aromatic carbocycles. The summed E-state index contributed by atoms with van der Waals surface area (Å²) in [5.74, 6) is -0.0416. The number of hydrogen-bond acceptors (Lipinski definition) is 4. The number of carbonyl (C=O) groups excluding carboxylic acids is 1. The number of nitrogens with one attached hydrogen (secondary N) is 1. The van der Waals surface area contributed by atoms with Gasteiger partial charge in [0.15, 0.2) is 0 Å². The Kier molecular flexibility index (Phi) is 6.61. The van der Waals surface area contributed by atoms with Gasteiger partial charge < -0.3 is 10.2 Å². The number of amides is 2. The van der Waals surface area contributed by atoms with E-state index in [0.29, 0.717) is 13.1 Å². The van der Waals surface area contributed by atoms with Crippen LogP contribution >= 0.6 is 0 Å². The zero-order chi connectivity index (χ0) is 17.8. The lowest BCUT2D eigenvalue weighted by molar-refractivity contribution is 0.182. The third-order valence-corrected chi connectivity index (χ3v) is 4.69. The first-order valence-electron chi connectivity index (χ1n) is 7.79. The van der Waals surface area contributed by atoms with Crippen LogP contribution in [0.3, 0.4) is 0 Å². The van der Waals surface area contributed by atoms with Crippen molar-refractivity contribution in [1.29, 1.82) is 0 Å². The van der Waals surface area contributed by atoms with Crippen molar-refractivity contribution in [2.75, 3.05) is 18.6 Å². The normalized spacial score (nSPS) is 14.3. The lowest BCUT2D eigenvalue weighted by Crippen LogP contribution is -2.50. The zero-order valence-corrected chi connectivity index (χ0v) is 15.6. The van der Waals surface area contributed by atoms with Gasteiger partial charge in [-0.2, -0.15) is 5.10 Å². The van der Waals surface area contributed by atoms with Crippen LogP contribution in [0.5, 0.6) is 0 Å². The number of aromatic nitrogens is 2. The van der Waals surface area contributed by atoms with Crippen LogP contribution in [0.25, 0.3) is 0 Å². The van der Waals surface area contributed by atoms with E-state index in [9.17, 15) is 13.2 Å². The Hall–Kier alpha value is -1.57. The SMILES string of the molecule is CCN(C(=O)NC(C)Cn1nc(C)cc1C)C(C)CS(C)(=O)=O. The minimum absolute atomic E-state index is 0.0416. The Morgan fingerprint density at radius 1 is 1.39 bits per heavy atom. The number of urea groups is 1. The van der Waals surface area contributed by atoms with Crippen molar-refractivity contribution >= 4 is 15.9 Å². The van der Waals surface area contributed by atoms with Gasteiger partial charge in [-0.1, -0.05) is 0 Å². The number of nitrogens with zero attached hydrogens (tertiary/aromatic N) is 3. The molecule has 0 aliphatic heterocycles. The highest BCUT2D eigenvalue weighted by Crippen LogP contribution is 2.06. The fourth-order valence-corrected chi connectivity index (χ4v) is 3.70. The predicted octanol–water partition coefficient (Wildman–Crippen LogP) is 1.35. The molecule has 132 valence electrons. The second-order valence-corrected chi connectivity index (χ2v) is 8.37. The molecule has 2 unspecified atom stereocenters. The highest BCUT2D eigenvalue weighted by Gasteiger charge is 2.23. The first-order chi connectivity index (χ1) is 10.5. The Morgan fingerprint density at radius 2 is 2.00 bits per heavy atom. The molecule has 0 bridgehead atoms. The molecule has 0 aliphatic carbocycles. The number of sulfone groups is 1. The van der Waals surface area contributed by atoms with E-state index in [4.69, 9.17) is 0 Å². The lowest BCUT2D eigenvalue weighted by Gasteiger charge is -2.29. The highest BCUT2D eigenvalue weighted by atomic mass is 32.2. The van der Waals surface area contributed by atoms with Crippen LogP contribution in [0.2, 0.25) is 0 Å². The average molecular weight is 344 g/mol. The quantitative estimate of drug-likeness (QED) is 0.809. The molecule has 1 aromatic heterocycles. The maximum atomic E-state index is 12.4. The van der Waals surface area contributed by atoms with Gasteiger partial charge in [0.2, 0.25) is 0 Å². The molecular formula is C15H28N4O3S. The van der Waals surface area contributed by atoms with E-state index in [1.165, 1.54) is 6.26 Å². The molecule has 2 atom stereocenters. The van der Waals surface area contributed by atoms with Crippen molar-refractivity contribution in [3.05, 3.63) is 17.5 Å². The van der Waals surface area contributed by atoms with Gasteiger partial charge in [0.25, 0.3) is 0 Å². The van der Waals surface area contributed by atoms with Gasteiger partial charge in [0.05, 0.1) is 18.0 Å². The molecule has 0 radical (unpaired) electrons. The van der Waals surface area contributed by atoms with Crippen molar-refractivity contribution < 1.29 is 13.2 Å². The molecule has 1 N–H and O–H groups in total. The van der Waals surface area contributed by atoms with E-state index in [2.05, 4.69) is 10.4 Å². The van der Waals surface area contributed by atoms with Gasteiger partial charge >= 0.3 is 6.03 Å². The molecule has 0 spiro atoms. The molecule has 0 saturated heterocycles. The van der Waals surface area contributed by atoms with E-state index in [-0.39, 0.29) is 23.9 Å². The topological polar surface area (TPSA) is 84.3 Å². The van der Waals surface area contributed by atoms with Crippen LogP contribution in [-0.4, -0.2) is 59.8 Å². The Labute approximate surface area is 139 Å². The summed E-state index contributed by atoms with van der Waals surface area (Å²) in [4.78, 5) is 13.9. The first-order valence-corrected chi connectivity index (χ1v) is 9.85.